The Kier molecular flexibility index (Phi) is 11.3. The number of sulfonamides is 1. The summed E-state index contributed by atoms with van der Waals surface area (Å²) >= 11 is 0. The molecule has 34 heavy (non-hydrogen) atoms. The number of nitrogens with one attached hydrogen (secondary N) is 1. The highest BCUT2D eigenvalue weighted by Crippen LogP contribution is 2.27. The molecule has 0 spiro atoms. The highest BCUT2D eigenvalue weighted by Gasteiger charge is 2.26. The Balaban J connectivity index is 1.70. The topological polar surface area (TPSA) is 95.9 Å². The molecule has 194 valence electrons. The van der Waals surface area contributed by atoms with Crippen LogP contribution in [0.4, 0.5) is 0 Å². The molecule has 0 aromatic heterocycles. The quantitative estimate of drug-likeness (QED) is 0.369. The Hall–Kier alpha value is -1.64. The molecule has 0 aliphatic carbocycles. The molecule has 1 fully saturated rings. The van der Waals surface area contributed by atoms with Crippen molar-refractivity contribution in [1.29, 1.82) is 0 Å². The van der Waals surface area contributed by atoms with Crippen LogP contribution in [0.2, 0.25) is 0 Å². The lowest BCUT2D eigenvalue weighted by Gasteiger charge is -2.41. The minimum atomic E-state index is -3.61. The van der Waals surface area contributed by atoms with Crippen LogP contribution in [0.15, 0.2) is 24.3 Å². The summed E-state index contributed by atoms with van der Waals surface area (Å²) in [5, 5.41) is 9.43. The molecule has 1 aromatic rings. The van der Waals surface area contributed by atoms with Gasteiger partial charge in [-0.3, -0.25) is 9.69 Å². The van der Waals surface area contributed by atoms with Gasteiger partial charge < -0.3 is 9.84 Å². The summed E-state index contributed by atoms with van der Waals surface area (Å²) in [6, 6.07) is 6.07. The van der Waals surface area contributed by atoms with Crippen molar-refractivity contribution in [3.05, 3.63) is 29.8 Å². The second-order valence-corrected chi connectivity index (χ2v) is 12.3. The summed E-state index contributed by atoms with van der Waals surface area (Å²) in [6.07, 6.45) is 7.33. The molecule has 1 aromatic carbocycles. The fraction of sp³-hybridized carbons (Fsp3) is 0.731. The van der Waals surface area contributed by atoms with Crippen LogP contribution in [0.5, 0.6) is 5.75 Å². The van der Waals surface area contributed by atoms with Crippen molar-refractivity contribution in [3.63, 3.8) is 0 Å². The predicted molar refractivity (Wildman–Crippen MR) is 137 cm³/mol. The second kappa shape index (κ2) is 13.4. The molecule has 0 amide bonds. The normalized spacial score (nSPS) is 16.9. The van der Waals surface area contributed by atoms with E-state index in [-0.39, 0.29) is 17.7 Å². The lowest BCUT2D eigenvalue weighted by Crippen LogP contribution is -2.46. The predicted octanol–water partition coefficient (Wildman–Crippen LogP) is 4.46. The van der Waals surface area contributed by atoms with Crippen molar-refractivity contribution in [2.75, 3.05) is 25.4 Å². The highest BCUT2D eigenvalue weighted by molar-refractivity contribution is 7.89. The van der Waals surface area contributed by atoms with Gasteiger partial charge in [-0.25, -0.2) is 13.1 Å². The van der Waals surface area contributed by atoms with E-state index in [1.54, 1.807) is 12.1 Å². The third kappa shape index (κ3) is 10.3. The van der Waals surface area contributed by atoms with Gasteiger partial charge in [0.05, 0.1) is 12.4 Å². The molecule has 1 aliphatic heterocycles. The lowest BCUT2D eigenvalue weighted by atomic mass is 9.89. The number of piperidine rings is 1. The van der Waals surface area contributed by atoms with Gasteiger partial charge in [0, 0.05) is 5.54 Å². The van der Waals surface area contributed by atoms with E-state index in [0.717, 1.165) is 36.5 Å². The average molecular weight is 497 g/mol. The Bertz CT molecular complexity index is 841. The highest BCUT2D eigenvalue weighted by atomic mass is 32.2. The van der Waals surface area contributed by atoms with Crippen molar-refractivity contribution in [1.82, 2.24) is 9.62 Å². The molecule has 1 heterocycles. The molecule has 0 bridgehead atoms. The number of aliphatic carboxylic acids is 1. The largest absolute Gasteiger partial charge is 0.494 e. The van der Waals surface area contributed by atoms with E-state index in [1.165, 1.54) is 32.4 Å². The molecular formula is C26H44N2O5S. The van der Waals surface area contributed by atoms with Crippen LogP contribution in [0, 0.1) is 5.92 Å². The minimum Gasteiger partial charge on any atom is -0.494 e. The van der Waals surface area contributed by atoms with Crippen LogP contribution in [0.1, 0.15) is 78.2 Å². The first-order chi connectivity index (χ1) is 16.0. The molecule has 2 N–H and O–H groups in total. The number of unbranched alkanes of at least 4 members (excludes halogenated alkanes) is 2. The Labute approximate surface area is 206 Å². The van der Waals surface area contributed by atoms with Crippen LogP contribution in [-0.4, -0.2) is 61.4 Å². The summed E-state index contributed by atoms with van der Waals surface area (Å²) in [6.45, 7) is 11.8. The van der Waals surface area contributed by atoms with Gasteiger partial charge in [-0.15, -0.1) is 0 Å². The standard InChI is InChI=1S/C26H44N2O5S/c1-5-6-19-34(31,32)27-24(25(29)30)20-22-10-12-23(13-11-22)33-18-8-7-9-21-14-16-28(17-15-21)26(2,3)4/h10-13,21,24,27H,5-9,14-20H2,1-4H3,(H,29,30). The van der Waals surface area contributed by atoms with Gasteiger partial charge in [0.25, 0.3) is 0 Å². The van der Waals surface area contributed by atoms with Gasteiger partial charge in [-0.2, -0.15) is 0 Å². The average Bonchev–Trinajstić information content (AvgIpc) is 2.77. The summed E-state index contributed by atoms with van der Waals surface area (Å²) in [4.78, 5) is 14.1. The maximum absolute atomic E-state index is 12.1. The SMILES string of the molecule is CCCCS(=O)(=O)NC(Cc1ccc(OCCCCC2CCN(C(C)(C)C)CC2)cc1)C(=O)O. The number of carboxylic acid groups (broad SMARTS) is 1. The summed E-state index contributed by atoms with van der Waals surface area (Å²) < 4.78 is 32.3. The summed E-state index contributed by atoms with van der Waals surface area (Å²) in [5.41, 5.74) is 1.02. The number of ether oxygens (including phenoxy) is 1. The first kappa shape index (κ1) is 28.6. The molecule has 1 saturated heterocycles. The van der Waals surface area contributed by atoms with Gasteiger partial charge >= 0.3 is 5.97 Å². The van der Waals surface area contributed by atoms with Gasteiger partial charge in [-0.1, -0.05) is 31.9 Å². The van der Waals surface area contributed by atoms with E-state index < -0.39 is 22.0 Å². The van der Waals surface area contributed by atoms with Crippen molar-refractivity contribution in [2.24, 2.45) is 5.92 Å². The summed E-state index contributed by atoms with van der Waals surface area (Å²) in [5.74, 6) is 0.331. The van der Waals surface area contributed by atoms with E-state index in [9.17, 15) is 18.3 Å². The smallest absolute Gasteiger partial charge is 0.322 e. The van der Waals surface area contributed by atoms with E-state index in [2.05, 4.69) is 30.4 Å². The van der Waals surface area contributed by atoms with Crippen LogP contribution >= 0.6 is 0 Å². The van der Waals surface area contributed by atoms with Crippen LogP contribution < -0.4 is 9.46 Å². The van der Waals surface area contributed by atoms with Gasteiger partial charge in [0.15, 0.2) is 0 Å². The Morgan fingerprint density at radius 3 is 2.35 bits per heavy atom. The first-order valence-electron chi connectivity index (χ1n) is 12.7. The van der Waals surface area contributed by atoms with Crippen molar-refractivity contribution in [3.8, 4) is 5.75 Å². The summed E-state index contributed by atoms with van der Waals surface area (Å²) in [7, 11) is -3.61. The fourth-order valence-electron chi connectivity index (χ4n) is 4.36. The zero-order valence-corrected chi connectivity index (χ0v) is 22.2. The number of carbonyl (C=O) groups is 1. The van der Waals surface area contributed by atoms with E-state index in [4.69, 9.17) is 4.74 Å². The number of benzene rings is 1. The second-order valence-electron chi connectivity index (χ2n) is 10.5. The number of rotatable bonds is 14. The molecule has 0 radical (unpaired) electrons. The van der Waals surface area contributed by atoms with Crippen molar-refractivity contribution >= 4 is 16.0 Å². The fourth-order valence-corrected chi connectivity index (χ4v) is 5.77. The lowest BCUT2D eigenvalue weighted by molar-refractivity contribution is -0.138. The third-order valence-corrected chi connectivity index (χ3v) is 8.06. The van der Waals surface area contributed by atoms with E-state index in [0.29, 0.717) is 13.0 Å². The zero-order valence-electron chi connectivity index (χ0n) is 21.4. The first-order valence-corrected chi connectivity index (χ1v) is 14.3. The third-order valence-electron chi connectivity index (χ3n) is 6.59. The number of hydrogen-bond donors (Lipinski definition) is 2. The van der Waals surface area contributed by atoms with Crippen LogP contribution in [0.3, 0.4) is 0 Å². The molecule has 2 rings (SSSR count). The van der Waals surface area contributed by atoms with Gasteiger partial charge in [-0.05, 0) is 96.0 Å². The number of hydrogen-bond acceptors (Lipinski definition) is 5. The number of likely N-dealkylation sites (tertiary alicyclic amines) is 1. The van der Waals surface area contributed by atoms with Gasteiger partial charge in [0.2, 0.25) is 10.0 Å². The molecule has 0 saturated carbocycles. The number of nitrogens with zero attached hydrogens (tertiary/aromatic N) is 1. The van der Waals surface area contributed by atoms with Crippen LogP contribution in [0.25, 0.3) is 0 Å². The molecular weight excluding hydrogens is 452 g/mol. The van der Waals surface area contributed by atoms with Crippen molar-refractivity contribution < 1.29 is 23.1 Å². The molecule has 8 heteroatoms. The monoisotopic (exact) mass is 496 g/mol. The van der Waals surface area contributed by atoms with Gasteiger partial charge in [0.1, 0.15) is 11.8 Å². The van der Waals surface area contributed by atoms with Crippen LogP contribution in [-0.2, 0) is 21.2 Å². The maximum atomic E-state index is 12.1. The van der Waals surface area contributed by atoms with E-state index >= 15 is 0 Å². The zero-order chi connectivity index (χ0) is 25.2. The molecule has 1 atom stereocenters. The Morgan fingerprint density at radius 1 is 1.15 bits per heavy atom. The Morgan fingerprint density at radius 2 is 1.79 bits per heavy atom. The molecule has 1 aliphatic rings. The van der Waals surface area contributed by atoms with E-state index in [1.807, 2.05) is 19.1 Å². The maximum Gasteiger partial charge on any atom is 0.322 e. The molecule has 7 nitrogen and oxygen atoms in total. The van der Waals surface area contributed by atoms with Crippen molar-refractivity contribution in [2.45, 2.75) is 90.6 Å². The molecule has 1 unspecified atom stereocenters. The minimum absolute atomic E-state index is 0.0594. The number of carboxylic acids is 1.